The molecule has 5 nitrogen and oxygen atoms in total. The van der Waals surface area contributed by atoms with Crippen LogP contribution < -0.4 is 5.32 Å². The van der Waals surface area contributed by atoms with E-state index in [4.69, 9.17) is 9.72 Å². The molecule has 5 heteroatoms. The molecule has 2 aliphatic heterocycles. The topological polar surface area (TPSA) is 68.3 Å². The van der Waals surface area contributed by atoms with Crippen LogP contribution in [0.3, 0.4) is 0 Å². The number of rotatable bonds is 7. The first-order valence-electron chi connectivity index (χ1n) is 11.1. The molecule has 3 heterocycles. The number of anilines is 1. The molecule has 0 amide bonds. The lowest BCUT2D eigenvalue weighted by atomic mass is 9.90. The van der Waals surface area contributed by atoms with E-state index >= 15 is 0 Å². The van der Waals surface area contributed by atoms with Gasteiger partial charge in [0.15, 0.2) is 11.6 Å². The van der Waals surface area contributed by atoms with Crippen molar-refractivity contribution in [2.24, 2.45) is 17.8 Å². The van der Waals surface area contributed by atoms with E-state index in [0.29, 0.717) is 41.9 Å². The van der Waals surface area contributed by atoms with Gasteiger partial charge in [0.25, 0.3) is 0 Å². The van der Waals surface area contributed by atoms with E-state index in [9.17, 15) is 9.59 Å². The van der Waals surface area contributed by atoms with Gasteiger partial charge in [-0.2, -0.15) is 0 Å². The summed E-state index contributed by atoms with van der Waals surface area (Å²) in [6.07, 6.45) is 1.91. The van der Waals surface area contributed by atoms with Crippen molar-refractivity contribution in [3.05, 3.63) is 58.4 Å². The highest BCUT2D eigenvalue weighted by Crippen LogP contribution is 2.53. The first kappa shape index (κ1) is 19.4. The normalized spacial score (nSPS) is 24.7. The Kier molecular flexibility index (Phi) is 4.94. The second-order valence-electron chi connectivity index (χ2n) is 8.87. The highest BCUT2D eigenvalue weighted by Gasteiger charge is 2.54. The first-order valence-corrected chi connectivity index (χ1v) is 11.1. The maximum absolute atomic E-state index is 13.1. The largest absolute Gasteiger partial charge is 0.384 e. The van der Waals surface area contributed by atoms with Crippen LogP contribution in [-0.2, 0) is 11.2 Å². The average Bonchev–Trinajstić information content (AvgIpc) is 3.16. The number of ether oxygens (including phenoxy) is 1. The molecular weight excluding hydrogens is 376 g/mol. The molecule has 1 N–H and O–H groups in total. The van der Waals surface area contributed by atoms with E-state index < -0.39 is 0 Å². The highest BCUT2D eigenvalue weighted by atomic mass is 16.5. The monoisotopic (exact) mass is 404 g/mol. The Bertz CT molecular complexity index is 1010. The van der Waals surface area contributed by atoms with Gasteiger partial charge in [-0.15, -0.1) is 0 Å². The second kappa shape index (κ2) is 7.62. The van der Waals surface area contributed by atoms with Crippen LogP contribution in [0.1, 0.15) is 70.3 Å². The molecule has 1 saturated carbocycles. The van der Waals surface area contributed by atoms with Crippen molar-refractivity contribution in [2.75, 3.05) is 25.1 Å². The number of carbonyl (C=O) groups excluding carboxylic acids is 2. The molecular formula is C25H28N2O3. The number of hydrogen-bond acceptors (Lipinski definition) is 5. The molecule has 1 aromatic carbocycles. The van der Waals surface area contributed by atoms with E-state index in [1.165, 1.54) is 16.8 Å². The van der Waals surface area contributed by atoms with Gasteiger partial charge in [-0.1, -0.05) is 26.0 Å². The third-order valence-corrected chi connectivity index (χ3v) is 7.14. The smallest absolute Gasteiger partial charge is 0.180 e. The van der Waals surface area contributed by atoms with Crippen LogP contribution in [0.2, 0.25) is 0 Å². The van der Waals surface area contributed by atoms with E-state index in [0.717, 1.165) is 31.9 Å². The number of aromatic nitrogens is 1. The van der Waals surface area contributed by atoms with Gasteiger partial charge in [0.1, 0.15) is 5.69 Å². The van der Waals surface area contributed by atoms with Gasteiger partial charge < -0.3 is 10.1 Å². The summed E-state index contributed by atoms with van der Waals surface area (Å²) in [4.78, 5) is 30.3. The number of nitrogens with zero attached hydrogens (tertiary/aromatic N) is 1. The Labute approximate surface area is 177 Å². The number of fused-ring (bicyclic) bond motifs is 2. The van der Waals surface area contributed by atoms with Gasteiger partial charge in [0, 0.05) is 42.2 Å². The van der Waals surface area contributed by atoms with Crippen LogP contribution in [0.4, 0.5) is 5.69 Å². The third-order valence-electron chi connectivity index (χ3n) is 7.14. The van der Waals surface area contributed by atoms with Gasteiger partial charge in [0.2, 0.25) is 0 Å². The number of ketones is 2. The minimum absolute atomic E-state index is 0.0183. The van der Waals surface area contributed by atoms with Crippen LogP contribution >= 0.6 is 0 Å². The van der Waals surface area contributed by atoms with Crippen LogP contribution in [0, 0.1) is 17.8 Å². The average molecular weight is 405 g/mol. The van der Waals surface area contributed by atoms with Crippen molar-refractivity contribution >= 4 is 17.3 Å². The van der Waals surface area contributed by atoms with Gasteiger partial charge in [-0.3, -0.25) is 9.59 Å². The first-order chi connectivity index (χ1) is 14.6. The fourth-order valence-electron chi connectivity index (χ4n) is 5.19. The Morgan fingerprint density at radius 2 is 2.00 bits per heavy atom. The number of Topliss-reactive ketones (excluding diaryl/α,β-unsaturated/α-hetero) is 2. The summed E-state index contributed by atoms with van der Waals surface area (Å²) in [5, 5.41) is 3.42. The molecule has 0 bridgehead atoms. The van der Waals surface area contributed by atoms with Crippen molar-refractivity contribution in [2.45, 2.75) is 39.0 Å². The third kappa shape index (κ3) is 3.35. The van der Waals surface area contributed by atoms with E-state index in [2.05, 4.69) is 30.4 Å². The van der Waals surface area contributed by atoms with Crippen molar-refractivity contribution in [1.29, 1.82) is 0 Å². The summed E-state index contributed by atoms with van der Waals surface area (Å²) < 4.78 is 5.45. The quantitative estimate of drug-likeness (QED) is 0.699. The summed E-state index contributed by atoms with van der Waals surface area (Å²) in [7, 11) is 0. The number of nitrogens with one attached hydrogen (secondary N) is 1. The van der Waals surface area contributed by atoms with E-state index in [-0.39, 0.29) is 17.5 Å². The van der Waals surface area contributed by atoms with Crippen LogP contribution in [0.15, 0.2) is 30.3 Å². The van der Waals surface area contributed by atoms with Crippen molar-refractivity contribution in [3.63, 3.8) is 0 Å². The number of benzene rings is 1. The van der Waals surface area contributed by atoms with Crippen LogP contribution in [0.25, 0.3) is 0 Å². The Morgan fingerprint density at radius 3 is 2.77 bits per heavy atom. The lowest BCUT2D eigenvalue weighted by molar-refractivity contribution is 0.0950. The Morgan fingerprint density at radius 1 is 1.20 bits per heavy atom. The highest BCUT2D eigenvalue weighted by molar-refractivity contribution is 6.00. The summed E-state index contributed by atoms with van der Waals surface area (Å²) in [6, 6.07) is 9.92. The molecule has 156 valence electrons. The second-order valence-corrected chi connectivity index (χ2v) is 8.87. The van der Waals surface area contributed by atoms with Crippen molar-refractivity contribution in [1.82, 2.24) is 4.98 Å². The summed E-state index contributed by atoms with van der Waals surface area (Å²) in [6.45, 7) is 6.47. The number of carbonyl (C=O) groups is 2. The lowest BCUT2D eigenvalue weighted by Crippen LogP contribution is -2.12. The van der Waals surface area contributed by atoms with E-state index in [1.807, 2.05) is 13.0 Å². The molecule has 4 atom stereocenters. The molecule has 2 fully saturated rings. The summed E-state index contributed by atoms with van der Waals surface area (Å²) in [5.41, 5.74) is 5.56. The minimum atomic E-state index is -0.0188. The standard InChI is InChI=1S/C25H28N2O3/c1-3-24(28)23-10-15(25(29)11-18-19-12-30-13-20(18)19)9-22(27-23)14(2)16-5-4-6-21-17(16)7-8-26-21/h4-6,9-10,14,18-20,26H,3,7-8,11-13H2,1-2H3/t14?,18?,19-,20+. The molecule has 1 aromatic heterocycles. The van der Waals surface area contributed by atoms with Gasteiger partial charge in [-0.05, 0) is 53.5 Å². The van der Waals surface area contributed by atoms with Crippen molar-refractivity contribution < 1.29 is 14.3 Å². The molecule has 1 saturated heterocycles. The molecule has 5 rings (SSSR count). The predicted octanol–water partition coefficient (Wildman–Crippen LogP) is 4.26. The van der Waals surface area contributed by atoms with Crippen LogP contribution in [0.5, 0.6) is 0 Å². The predicted molar refractivity (Wildman–Crippen MR) is 115 cm³/mol. The Balaban J connectivity index is 1.47. The fourth-order valence-corrected chi connectivity index (χ4v) is 5.19. The molecule has 2 unspecified atom stereocenters. The SMILES string of the molecule is CCC(=O)c1cc(C(=O)CC2[C@H]3COC[C@@H]23)cc(C(C)c2cccc3c2CCN3)n1. The maximum Gasteiger partial charge on any atom is 0.180 e. The van der Waals surface area contributed by atoms with Gasteiger partial charge in [-0.25, -0.2) is 4.98 Å². The Hall–Kier alpha value is -2.53. The number of pyridine rings is 1. The van der Waals surface area contributed by atoms with E-state index in [1.54, 1.807) is 6.07 Å². The van der Waals surface area contributed by atoms with Crippen LogP contribution in [-0.4, -0.2) is 36.3 Å². The van der Waals surface area contributed by atoms with Gasteiger partial charge >= 0.3 is 0 Å². The van der Waals surface area contributed by atoms with Crippen molar-refractivity contribution in [3.8, 4) is 0 Å². The maximum atomic E-state index is 13.1. The fraction of sp³-hybridized carbons (Fsp3) is 0.480. The molecule has 1 aliphatic carbocycles. The zero-order chi connectivity index (χ0) is 20.8. The number of hydrogen-bond donors (Lipinski definition) is 1. The van der Waals surface area contributed by atoms with Gasteiger partial charge in [0.05, 0.1) is 13.2 Å². The summed E-state index contributed by atoms with van der Waals surface area (Å²) in [5.74, 6) is 1.65. The molecule has 0 spiro atoms. The zero-order valence-corrected chi connectivity index (χ0v) is 17.6. The lowest BCUT2D eigenvalue weighted by Gasteiger charge is -2.17. The molecule has 30 heavy (non-hydrogen) atoms. The minimum Gasteiger partial charge on any atom is -0.384 e. The zero-order valence-electron chi connectivity index (χ0n) is 17.6. The summed E-state index contributed by atoms with van der Waals surface area (Å²) >= 11 is 0. The molecule has 0 radical (unpaired) electrons. The molecule has 2 aromatic rings. The molecule has 3 aliphatic rings.